The van der Waals surface area contributed by atoms with Gasteiger partial charge in [-0.2, -0.15) is 5.10 Å². The lowest BCUT2D eigenvalue weighted by Gasteiger charge is -2.52. The molecular formula is C20H31N6O4PS. The normalized spacial score (nSPS) is 19.1. The van der Waals surface area contributed by atoms with Gasteiger partial charge in [0.1, 0.15) is 7.36 Å². The first-order valence-electron chi connectivity index (χ1n) is 10.6. The molecule has 0 bridgehead atoms. The Morgan fingerprint density at radius 1 is 1.12 bits per heavy atom. The summed E-state index contributed by atoms with van der Waals surface area (Å²) in [6.07, 6.45) is 1.40. The van der Waals surface area contributed by atoms with E-state index in [0.717, 1.165) is 26.2 Å². The van der Waals surface area contributed by atoms with Gasteiger partial charge in [0.15, 0.2) is 0 Å². The highest BCUT2D eigenvalue weighted by Crippen LogP contribution is 2.66. The van der Waals surface area contributed by atoms with E-state index >= 15 is 0 Å². The molecule has 0 spiro atoms. The number of ether oxygens (including phenoxy) is 2. The minimum Gasteiger partial charge on any atom is -0.379 e. The van der Waals surface area contributed by atoms with Gasteiger partial charge in [-0.15, -0.1) is 0 Å². The number of nitro groups is 1. The van der Waals surface area contributed by atoms with Crippen LogP contribution in [0.4, 0.5) is 5.69 Å². The first kappa shape index (κ1) is 24.9. The molecule has 0 aromatic heterocycles. The predicted octanol–water partition coefficient (Wildman–Crippen LogP) is 3.30. The zero-order valence-corrected chi connectivity index (χ0v) is 20.5. The van der Waals surface area contributed by atoms with Crippen LogP contribution < -0.4 is 5.43 Å². The molecule has 10 nitrogen and oxygen atoms in total. The number of hydrogen-bond acceptors (Lipinski definition) is 6. The summed E-state index contributed by atoms with van der Waals surface area (Å²) in [5, 5.41) is 15.5. The molecule has 2 fully saturated rings. The van der Waals surface area contributed by atoms with E-state index in [9.17, 15) is 10.1 Å². The van der Waals surface area contributed by atoms with Crippen LogP contribution in [0.15, 0.2) is 34.1 Å². The van der Waals surface area contributed by atoms with Gasteiger partial charge in [0.05, 0.1) is 43.1 Å². The number of nitrogens with zero attached hydrogens (tertiary/aromatic N) is 5. The van der Waals surface area contributed by atoms with Crippen LogP contribution in [0.1, 0.15) is 26.3 Å². The molecular weight excluding hydrogens is 451 g/mol. The molecule has 32 heavy (non-hydrogen) atoms. The Bertz CT molecular complexity index is 886. The molecule has 3 rings (SSSR count). The minimum absolute atomic E-state index is 0.0147. The molecule has 0 amide bonds. The van der Waals surface area contributed by atoms with E-state index in [4.69, 9.17) is 26.4 Å². The lowest BCUT2D eigenvalue weighted by Crippen LogP contribution is -2.48. The Kier molecular flexibility index (Phi) is 8.49. The van der Waals surface area contributed by atoms with Crippen LogP contribution in [-0.2, 0) is 9.47 Å². The van der Waals surface area contributed by atoms with Gasteiger partial charge in [-0.25, -0.2) is 4.74 Å². The van der Waals surface area contributed by atoms with E-state index in [2.05, 4.69) is 40.6 Å². The Hall–Kier alpha value is -1.75. The molecule has 0 unspecified atom stereocenters. The number of benzene rings is 1. The quantitative estimate of drug-likeness (QED) is 0.224. The Balaban J connectivity index is 1.92. The molecule has 1 N–H and O–H groups in total. The summed E-state index contributed by atoms with van der Waals surface area (Å²) in [7, 11) is -2.28. The van der Waals surface area contributed by atoms with Crippen molar-refractivity contribution in [3.8, 4) is 0 Å². The van der Waals surface area contributed by atoms with Gasteiger partial charge in [0.25, 0.3) is 5.69 Å². The lowest BCUT2D eigenvalue weighted by molar-refractivity contribution is -0.385. The highest BCUT2D eigenvalue weighted by Gasteiger charge is 2.45. The summed E-state index contributed by atoms with van der Waals surface area (Å²) < 4.78 is 21.2. The topological polar surface area (TPSA) is 105 Å². The first-order valence-corrected chi connectivity index (χ1v) is 12.7. The summed E-state index contributed by atoms with van der Waals surface area (Å²) in [5.41, 5.74) is 3.21. The Morgan fingerprint density at radius 3 is 2.16 bits per heavy atom. The minimum atomic E-state index is -2.28. The highest BCUT2D eigenvalue weighted by molar-refractivity contribution is 7.81. The largest absolute Gasteiger partial charge is 0.379 e. The van der Waals surface area contributed by atoms with Crippen molar-refractivity contribution in [3.05, 3.63) is 39.9 Å². The van der Waals surface area contributed by atoms with Crippen LogP contribution >= 0.6 is 19.6 Å². The van der Waals surface area contributed by atoms with Crippen LogP contribution in [-0.4, -0.2) is 83.4 Å². The number of nitrogens with one attached hydrogen (secondary N) is 1. The fourth-order valence-electron chi connectivity index (χ4n) is 4.04. The van der Waals surface area contributed by atoms with Gasteiger partial charge < -0.3 is 9.47 Å². The maximum absolute atomic E-state index is 11.2. The molecule has 1 aromatic carbocycles. The van der Waals surface area contributed by atoms with Gasteiger partial charge >= 0.3 is 0 Å². The summed E-state index contributed by atoms with van der Waals surface area (Å²) in [6, 6.07) is 6.42. The maximum atomic E-state index is 11.2. The second-order valence-electron chi connectivity index (χ2n) is 8.46. The standard InChI is InChI=1S/C20H31N6O4PS/c1-20(2,3)31(24-8-12-29-13-9-24,25-10-14-30-15-11-25)23-19(32)22-21-16-17-6-4-5-7-18(17)26(27)28/h4-7,16H,8-15H2,1-3H3,(H,22,32)/b21-16-. The number of thiocarbonyl (C=S) groups is 1. The second kappa shape index (κ2) is 10.9. The molecule has 2 saturated heterocycles. The summed E-state index contributed by atoms with van der Waals surface area (Å²) in [4.78, 5) is 10.8. The van der Waals surface area contributed by atoms with Crippen LogP contribution in [0.3, 0.4) is 0 Å². The van der Waals surface area contributed by atoms with Crippen molar-refractivity contribution in [1.29, 1.82) is 0 Å². The smallest absolute Gasteiger partial charge is 0.278 e. The Labute approximate surface area is 194 Å². The molecule has 2 aliphatic heterocycles. The van der Waals surface area contributed by atoms with Crippen molar-refractivity contribution < 1.29 is 14.4 Å². The van der Waals surface area contributed by atoms with Gasteiger partial charge in [0, 0.05) is 37.4 Å². The number of hydrogen-bond donors (Lipinski definition) is 1. The average molecular weight is 483 g/mol. The number of nitro benzene ring substituents is 1. The maximum Gasteiger partial charge on any atom is 0.278 e. The van der Waals surface area contributed by atoms with Gasteiger partial charge in [-0.3, -0.25) is 24.9 Å². The summed E-state index contributed by atoms with van der Waals surface area (Å²) in [5.74, 6) is 0. The van der Waals surface area contributed by atoms with Crippen LogP contribution in [0, 0.1) is 10.1 Å². The van der Waals surface area contributed by atoms with E-state index in [1.165, 1.54) is 12.3 Å². The van der Waals surface area contributed by atoms with Crippen molar-refractivity contribution in [2.75, 3.05) is 52.6 Å². The molecule has 2 heterocycles. The van der Waals surface area contributed by atoms with Crippen molar-refractivity contribution in [3.63, 3.8) is 0 Å². The number of hydrazone groups is 1. The average Bonchev–Trinajstić information content (AvgIpc) is 2.78. The molecule has 12 heteroatoms. The van der Waals surface area contributed by atoms with Crippen LogP contribution in [0.5, 0.6) is 0 Å². The highest BCUT2D eigenvalue weighted by atomic mass is 32.1. The summed E-state index contributed by atoms with van der Waals surface area (Å²) >= 11 is 5.60. The van der Waals surface area contributed by atoms with Gasteiger partial charge in [0.2, 0.25) is 5.11 Å². The molecule has 1 aromatic rings. The van der Waals surface area contributed by atoms with Crippen LogP contribution in [0.2, 0.25) is 0 Å². The van der Waals surface area contributed by atoms with E-state index in [1.54, 1.807) is 18.2 Å². The van der Waals surface area contributed by atoms with Gasteiger partial charge in [-0.1, -0.05) is 32.9 Å². The van der Waals surface area contributed by atoms with Gasteiger partial charge in [-0.05, 0) is 18.3 Å². The zero-order valence-electron chi connectivity index (χ0n) is 18.8. The van der Waals surface area contributed by atoms with Crippen LogP contribution in [0.25, 0.3) is 0 Å². The van der Waals surface area contributed by atoms with E-state index < -0.39 is 12.3 Å². The second-order valence-corrected chi connectivity index (χ2v) is 12.7. The zero-order chi connectivity index (χ0) is 23.2. The molecule has 0 atom stereocenters. The third-order valence-corrected chi connectivity index (χ3v) is 10.4. The van der Waals surface area contributed by atoms with Crippen molar-refractivity contribution in [2.24, 2.45) is 9.85 Å². The third kappa shape index (κ3) is 5.59. The number of para-hydroxylation sites is 1. The lowest BCUT2D eigenvalue weighted by atomic mass is 10.2. The first-order chi connectivity index (χ1) is 15.3. The molecule has 0 aliphatic carbocycles. The molecule has 176 valence electrons. The van der Waals surface area contributed by atoms with E-state index in [1.807, 2.05) is 0 Å². The fraction of sp³-hybridized carbons (Fsp3) is 0.600. The monoisotopic (exact) mass is 482 g/mol. The van der Waals surface area contributed by atoms with E-state index in [-0.39, 0.29) is 16.0 Å². The third-order valence-electron chi connectivity index (χ3n) is 5.39. The Morgan fingerprint density at radius 2 is 1.66 bits per heavy atom. The van der Waals surface area contributed by atoms with Crippen molar-refractivity contribution >= 4 is 36.6 Å². The molecule has 0 saturated carbocycles. The molecule has 2 aliphatic rings. The van der Waals surface area contributed by atoms with Crippen molar-refractivity contribution in [2.45, 2.75) is 25.9 Å². The van der Waals surface area contributed by atoms with E-state index in [0.29, 0.717) is 32.0 Å². The SMILES string of the molecule is CC(C)(C)P(=NC(=S)N/N=C\c1ccccc1[N+](=O)[O-])(N1CCOCC1)N1CCOCC1. The number of rotatable bonds is 5. The molecule has 0 radical (unpaired) electrons. The number of morpholine rings is 2. The van der Waals surface area contributed by atoms with Crippen molar-refractivity contribution in [1.82, 2.24) is 14.8 Å². The summed E-state index contributed by atoms with van der Waals surface area (Å²) in [6.45, 7) is 12.4. The fourth-order valence-corrected chi connectivity index (χ4v) is 8.78. The predicted molar refractivity (Wildman–Crippen MR) is 130 cm³/mol.